The Morgan fingerprint density at radius 3 is 2.40 bits per heavy atom. The molecular weight excluding hydrogens is 239 g/mol. The van der Waals surface area contributed by atoms with Gasteiger partial charge in [-0.3, -0.25) is 14.5 Å². The van der Waals surface area contributed by atoms with E-state index in [2.05, 4.69) is 4.99 Å². The van der Waals surface area contributed by atoms with Crippen LogP contribution in [0.4, 0.5) is 0 Å². The van der Waals surface area contributed by atoms with E-state index in [1.165, 1.54) is 4.90 Å². The summed E-state index contributed by atoms with van der Waals surface area (Å²) in [4.78, 5) is 26.6. The number of amides is 2. The summed E-state index contributed by atoms with van der Waals surface area (Å²) >= 11 is 11.0. The van der Waals surface area contributed by atoms with Gasteiger partial charge in [-0.15, -0.1) is 0 Å². The second-order valence-corrected chi connectivity index (χ2v) is 5.40. The lowest BCUT2D eigenvalue weighted by molar-refractivity contribution is -0.128. The number of hydrogen-bond acceptors (Lipinski definition) is 2. The fraction of sp³-hybridized carbons (Fsp3) is 0.667. The Labute approximate surface area is 98.2 Å². The fourth-order valence-corrected chi connectivity index (χ4v) is 1.53. The summed E-state index contributed by atoms with van der Waals surface area (Å²) in [5, 5.41) is 0. The van der Waals surface area contributed by atoms with Gasteiger partial charge >= 0.3 is 0 Å². The Morgan fingerprint density at radius 2 is 2.00 bits per heavy atom. The van der Waals surface area contributed by atoms with E-state index in [9.17, 15) is 9.59 Å². The van der Waals surface area contributed by atoms with Crippen LogP contribution in [0.2, 0.25) is 0 Å². The molecule has 1 heterocycles. The number of amidine groups is 1. The molecular formula is C9H12Cl2N2O2. The fourth-order valence-electron chi connectivity index (χ4n) is 1.30. The van der Waals surface area contributed by atoms with Crippen LogP contribution in [0.25, 0.3) is 0 Å². The first-order valence-corrected chi connectivity index (χ1v) is 5.32. The zero-order valence-corrected chi connectivity index (χ0v) is 10.3. The zero-order valence-electron chi connectivity index (χ0n) is 8.75. The third-order valence-electron chi connectivity index (χ3n) is 1.90. The first-order chi connectivity index (χ1) is 6.73. The summed E-state index contributed by atoms with van der Waals surface area (Å²) in [6.07, 6.45) is 0. The van der Waals surface area contributed by atoms with Crippen LogP contribution >= 0.6 is 23.2 Å². The van der Waals surface area contributed by atoms with Crippen LogP contribution in [0.15, 0.2) is 4.99 Å². The standard InChI is InChI=1S/C9H12Cl2N2O2/c1-9(2,3)8-12-5(14)4-13(8)7(15)6(10)11/h6H,4H2,1-3H3. The molecule has 0 spiro atoms. The molecule has 15 heavy (non-hydrogen) atoms. The first-order valence-electron chi connectivity index (χ1n) is 4.45. The Balaban J connectivity index is 2.98. The molecule has 0 saturated carbocycles. The Kier molecular flexibility index (Phi) is 3.41. The van der Waals surface area contributed by atoms with Crippen molar-refractivity contribution in [2.45, 2.75) is 25.6 Å². The van der Waals surface area contributed by atoms with Gasteiger partial charge < -0.3 is 0 Å². The van der Waals surface area contributed by atoms with Crippen LogP contribution < -0.4 is 0 Å². The largest absolute Gasteiger partial charge is 0.288 e. The molecule has 0 saturated heterocycles. The maximum atomic E-state index is 11.6. The highest BCUT2D eigenvalue weighted by atomic mass is 35.5. The Morgan fingerprint density at radius 1 is 1.47 bits per heavy atom. The van der Waals surface area contributed by atoms with Crippen LogP contribution in [0.5, 0.6) is 0 Å². The van der Waals surface area contributed by atoms with Gasteiger partial charge in [0.25, 0.3) is 11.8 Å². The van der Waals surface area contributed by atoms with Gasteiger partial charge in [0, 0.05) is 5.41 Å². The molecule has 84 valence electrons. The summed E-state index contributed by atoms with van der Waals surface area (Å²) in [5.74, 6) is -0.427. The maximum absolute atomic E-state index is 11.6. The number of hydrogen-bond donors (Lipinski definition) is 0. The average Bonchev–Trinajstić information content (AvgIpc) is 2.44. The molecule has 2 amide bonds. The summed E-state index contributed by atoms with van der Waals surface area (Å²) in [7, 11) is 0. The Hall–Kier alpha value is -0.610. The van der Waals surface area contributed by atoms with Gasteiger partial charge in [0.15, 0.2) is 4.84 Å². The van der Waals surface area contributed by atoms with Crippen LogP contribution in [0, 0.1) is 5.41 Å². The van der Waals surface area contributed by atoms with Crippen molar-refractivity contribution in [3.8, 4) is 0 Å². The summed E-state index contributed by atoms with van der Waals surface area (Å²) in [6, 6.07) is 0. The van der Waals surface area contributed by atoms with E-state index >= 15 is 0 Å². The topological polar surface area (TPSA) is 49.7 Å². The van der Waals surface area contributed by atoms with Crippen LogP contribution in [-0.4, -0.2) is 33.9 Å². The minimum absolute atomic E-state index is 0.0681. The number of carbonyl (C=O) groups is 2. The number of nitrogens with zero attached hydrogens (tertiary/aromatic N) is 2. The van der Waals surface area contributed by atoms with Crippen molar-refractivity contribution in [3.63, 3.8) is 0 Å². The van der Waals surface area contributed by atoms with Crippen molar-refractivity contribution < 1.29 is 9.59 Å². The number of alkyl halides is 2. The molecule has 0 radical (unpaired) electrons. The molecule has 0 aromatic heterocycles. The number of rotatable bonds is 1. The number of carbonyl (C=O) groups excluding carboxylic acids is 2. The van der Waals surface area contributed by atoms with E-state index in [0.29, 0.717) is 5.84 Å². The van der Waals surface area contributed by atoms with Crippen molar-refractivity contribution in [1.29, 1.82) is 0 Å². The van der Waals surface area contributed by atoms with Crippen LogP contribution in [0.1, 0.15) is 20.8 Å². The minimum Gasteiger partial charge on any atom is -0.288 e. The molecule has 0 N–H and O–H groups in total. The molecule has 0 fully saturated rings. The molecule has 1 aliphatic rings. The third-order valence-corrected chi connectivity index (χ3v) is 2.28. The highest BCUT2D eigenvalue weighted by Gasteiger charge is 2.37. The predicted octanol–water partition coefficient (Wildman–Crippen LogP) is 1.60. The van der Waals surface area contributed by atoms with E-state index in [0.717, 1.165) is 0 Å². The Bertz CT molecular complexity index is 331. The van der Waals surface area contributed by atoms with Gasteiger partial charge in [-0.25, -0.2) is 0 Å². The number of halogens is 2. The SMILES string of the molecule is CC(C)(C)C1=NC(=O)CN1C(=O)C(Cl)Cl. The first kappa shape index (κ1) is 12.5. The van der Waals surface area contributed by atoms with Gasteiger partial charge in [-0.1, -0.05) is 44.0 Å². The normalized spacial score (nSPS) is 17.3. The predicted molar refractivity (Wildman–Crippen MR) is 59.1 cm³/mol. The van der Waals surface area contributed by atoms with E-state index in [-0.39, 0.29) is 17.9 Å². The van der Waals surface area contributed by atoms with Crippen molar-refractivity contribution in [1.82, 2.24) is 4.90 Å². The zero-order chi connectivity index (χ0) is 11.8. The van der Waals surface area contributed by atoms with Crippen LogP contribution in [0.3, 0.4) is 0 Å². The van der Waals surface area contributed by atoms with Gasteiger partial charge in [-0.05, 0) is 0 Å². The monoisotopic (exact) mass is 250 g/mol. The molecule has 1 aliphatic heterocycles. The van der Waals surface area contributed by atoms with E-state index in [4.69, 9.17) is 23.2 Å². The van der Waals surface area contributed by atoms with E-state index in [1.54, 1.807) is 0 Å². The molecule has 6 heteroatoms. The lowest BCUT2D eigenvalue weighted by Crippen LogP contribution is -2.43. The summed E-state index contributed by atoms with van der Waals surface area (Å²) in [5.41, 5.74) is -0.384. The van der Waals surface area contributed by atoms with Gasteiger partial charge in [-0.2, -0.15) is 4.99 Å². The maximum Gasteiger partial charge on any atom is 0.267 e. The lowest BCUT2D eigenvalue weighted by Gasteiger charge is -2.26. The molecule has 0 aliphatic carbocycles. The minimum atomic E-state index is -1.16. The smallest absolute Gasteiger partial charge is 0.267 e. The van der Waals surface area contributed by atoms with E-state index in [1.807, 2.05) is 20.8 Å². The van der Waals surface area contributed by atoms with Crippen molar-refractivity contribution in [2.75, 3.05) is 6.54 Å². The molecule has 1 rings (SSSR count). The lowest BCUT2D eigenvalue weighted by atomic mass is 9.94. The summed E-state index contributed by atoms with van der Waals surface area (Å²) < 4.78 is 0. The van der Waals surface area contributed by atoms with Gasteiger partial charge in [0.1, 0.15) is 12.4 Å². The van der Waals surface area contributed by atoms with Crippen molar-refractivity contribution in [2.24, 2.45) is 10.4 Å². The quantitative estimate of drug-likeness (QED) is 0.664. The molecule has 0 atom stereocenters. The molecule has 4 nitrogen and oxygen atoms in total. The van der Waals surface area contributed by atoms with E-state index < -0.39 is 10.7 Å². The van der Waals surface area contributed by atoms with Gasteiger partial charge in [0.05, 0.1) is 0 Å². The number of aliphatic imine (C=N–C) groups is 1. The molecule has 0 unspecified atom stereocenters. The summed E-state index contributed by atoms with van der Waals surface area (Å²) in [6.45, 7) is 5.52. The molecule has 0 aromatic carbocycles. The van der Waals surface area contributed by atoms with Crippen LogP contribution in [-0.2, 0) is 9.59 Å². The van der Waals surface area contributed by atoms with Gasteiger partial charge in [0.2, 0.25) is 0 Å². The highest BCUT2D eigenvalue weighted by Crippen LogP contribution is 2.24. The third kappa shape index (κ3) is 2.69. The molecule has 0 aromatic rings. The molecule has 0 bridgehead atoms. The van der Waals surface area contributed by atoms with Crippen molar-refractivity contribution in [3.05, 3.63) is 0 Å². The second kappa shape index (κ2) is 4.10. The highest BCUT2D eigenvalue weighted by molar-refractivity contribution is 6.54. The second-order valence-electron chi connectivity index (χ2n) is 4.30. The average molecular weight is 251 g/mol. The van der Waals surface area contributed by atoms with Crippen molar-refractivity contribution >= 4 is 40.9 Å².